The second kappa shape index (κ2) is 7.65. The molecule has 1 N–H and O–H groups in total. The van der Waals surface area contributed by atoms with Gasteiger partial charge in [0.1, 0.15) is 16.7 Å². The van der Waals surface area contributed by atoms with Gasteiger partial charge in [0, 0.05) is 10.4 Å². The summed E-state index contributed by atoms with van der Waals surface area (Å²) in [6, 6.07) is 11.5. The Labute approximate surface area is 182 Å². The minimum Gasteiger partial charge on any atom is -0.444 e. The molecule has 1 aliphatic heterocycles. The van der Waals surface area contributed by atoms with Crippen LogP contribution in [0, 0.1) is 0 Å². The lowest BCUT2D eigenvalue weighted by Gasteiger charge is -2.50. The van der Waals surface area contributed by atoms with E-state index in [0.29, 0.717) is 5.02 Å². The lowest BCUT2D eigenvalue weighted by atomic mass is 9.80. The Hall–Kier alpha value is -2.47. The van der Waals surface area contributed by atoms with Crippen LogP contribution in [0.1, 0.15) is 47.1 Å². The number of carbonyl (C=O) groups is 2. The standard InChI is InChI=1S/C23H29ClN2O4/c1-21(2,3)29-19(27)25-23(13-26(14-23)20(28)30-22(4,5)6)16-11-7-9-15-10-8-12-17(24)18(15)16/h7-12H,13-14H2,1-6H3,(H,25,27). The van der Waals surface area contributed by atoms with Crippen LogP contribution in [0.5, 0.6) is 0 Å². The first kappa shape index (κ1) is 22.2. The average molecular weight is 433 g/mol. The highest BCUT2D eigenvalue weighted by Gasteiger charge is 2.50. The highest BCUT2D eigenvalue weighted by Crippen LogP contribution is 2.39. The number of benzene rings is 2. The Bertz CT molecular complexity index is 964. The molecule has 2 aromatic rings. The van der Waals surface area contributed by atoms with Crippen molar-refractivity contribution in [1.82, 2.24) is 10.2 Å². The summed E-state index contributed by atoms with van der Waals surface area (Å²) in [6.45, 7) is 11.4. The highest BCUT2D eigenvalue weighted by atomic mass is 35.5. The van der Waals surface area contributed by atoms with Crippen molar-refractivity contribution in [3.8, 4) is 0 Å². The molecule has 0 unspecified atom stereocenters. The Morgan fingerprint density at radius 3 is 2.10 bits per heavy atom. The highest BCUT2D eigenvalue weighted by molar-refractivity contribution is 6.35. The van der Waals surface area contributed by atoms with Crippen LogP contribution in [0.15, 0.2) is 36.4 Å². The fourth-order valence-corrected chi connectivity index (χ4v) is 3.85. The number of rotatable bonds is 2. The molecule has 0 saturated carbocycles. The Morgan fingerprint density at radius 1 is 0.967 bits per heavy atom. The number of fused-ring (bicyclic) bond motifs is 1. The quantitative estimate of drug-likeness (QED) is 0.683. The fraction of sp³-hybridized carbons (Fsp3) is 0.478. The van der Waals surface area contributed by atoms with Gasteiger partial charge in [0.2, 0.25) is 0 Å². The molecule has 0 atom stereocenters. The molecule has 2 aromatic carbocycles. The van der Waals surface area contributed by atoms with E-state index >= 15 is 0 Å². The molecule has 1 aliphatic rings. The largest absolute Gasteiger partial charge is 0.444 e. The number of nitrogens with one attached hydrogen (secondary N) is 1. The number of halogens is 1. The average Bonchev–Trinajstić information content (AvgIpc) is 2.54. The summed E-state index contributed by atoms with van der Waals surface area (Å²) in [4.78, 5) is 26.8. The maximum atomic E-state index is 12.7. The lowest BCUT2D eigenvalue weighted by Crippen LogP contribution is -2.69. The predicted molar refractivity (Wildman–Crippen MR) is 118 cm³/mol. The van der Waals surface area contributed by atoms with Crippen LogP contribution in [0.25, 0.3) is 10.8 Å². The van der Waals surface area contributed by atoms with Gasteiger partial charge in [-0.3, -0.25) is 0 Å². The number of ether oxygens (including phenoxy) is 2. The first-order valence-electron chi connectivity index (χ1n) is 9.96. The fourth-order valence-electron chi connectivity index (χ4n) is 3.57. The Morgan fingerprint density at radius 2 is 1.53 bits per heavy atom. The molecule has 0 radical (unpaired) electrons. The molecular weight excluding hydrogens is 404 g/mol. The molecule has 6 nitrogen and oxygen atoms in total. The number of likely N-dealkylation sites (tertiary alicyclic amines) is 1. The molecule has 0 spiro atoms. The van der Waals surface area contributed by atoms with Crippen LogP contribution >= 0.6 is 11.6 Å². The predicted octanol–water partition coefficient (Wildman–Crippen LogP) is 5.46. The van der Waals surface area contributed by atoms with Gasteiger partial charge in [0.05, 0.1) is 13.1 Å². The molecule has 1 heterocycles. The zero-order valence-electron chi connectivity index (χ0n) is 18.3. The van der Waals surface area contributed by atoms with Crippen molar-refractivity contribution in [2.24, 2.45) is 0 Å². The molecular formula is C23H29ClN2O4. The van der Waals surface area contributed by atoms with Gasteiger partial charge < -0.3 is 19.7 Å². The Kier molecular flexibility index (Phi) is 5.67. The van der Waals surface area contributed by atoms with E-state index in [1.54, 1.807) is 4.90 Å². The van der Waals surface area contributed by atoms with E-state index in [4.69, 9.17) is 21.1 Å². The molecule has 2 amide bonds. The molecule has 1 fully saturated rings. The van der Waals surface area contributed by atoms with E-state index in [1.807, 2.05) is 77.9 Å². The van der Waals surface area contributed by atoms with Crippen molar-refractivity contribution in [1.29, 1.82) is 0 Å². The summed E-state index contributed by atoms with van der Waals surface area (Å²) in [6.07, 6.45) is -0.967. The normalized spacial score (nSPS) is 16.0. The zero-order chi connectivity index (χ0) is 22.3. The number of amides is 2. The molecule has 3 rings (SSSR count). The van der Waals surface area contributed by atoms with Gasteiger partial charge in [-0.2, -0.15) is 0 Å². The van der Waals surface area contributed by atoms with Crippen LogP contribution < -0.4 is 5.32 Å². The maximum absolute atomic E-state index is 12.7. The van der Waals surface area contributed by atoms with Crippen molar-refractivity contribution in [3.05, 3.63) is 47.0 Å². The molecule has 30 heavy (non-hydrogen) atoms. The van der Waals surface area contributed by atoms with Crippen molar-refractivity contribution in [3.63, 3.8) is 0 Å². The second-order valence-electron chi connectivity index (χ2n) is 9.69. The number of carbonyl (C=O) groups excluding carboxylic acids is 2. The van der Waals surface area contributed by atoms with Crippen LogP contribution in [0.3, 0.4) is 0 Å². The minimum absolute atomic E-state index is 0.255. The van der Waals surface area contributed by atoms with E-state index < -0.39 is 28.9 Å². The van der Waals surface area contributed by atoms with Crippen molar-refractivity contribution < 1.29 is 19.1 Å². The van der Waals surface area contributed by atoms with Crippen LogP contribution in [-0.2, 0) is 15.0 Å². The summed E-state index contributed by atoms with van der Waals surface area (Å²) in [5.74, 6) is 0. The molecule has 0 aliphatic carbocycles. The molecule has 1 saturated heterocycles. The van der Waals surface area contributed by atoms with E-state index in [1.165, 1.54) is 0 Å². The number of alkyl carbamates (subject to hydrolysis) is 1. The summed E-state index contributed by atoms with van der Waals surface area (Å²) < 4.78 is 11.0. The zero-order valence-corrected chi connectivity index (χ0v) is 19.1. The van der Waals surface area contributed by atoms with Gasteiger partial charge in [-0.1, -0.05) is 41.9 Å². The molecule has 0 bridgehead atoms. The summed E-state index contributed by atoms with van der Waals surface area (Å²) in [7, 11) is 0. The first-order chi connectivity index (χ1) is 13.8. The number of hydrogen-bond acceptors (Lipinski definition) is 4. The third-order valence-electron chi connectivity index (χ3n) is 4.68. The van der Waals surface area contributed by atoms with Crippen LogP contribution in [0.2, 0.25) is 5.02 Å². The van der Waals surface area contributed by atoms with Gasteiger partial charge in [-0.15, -0.1) is 0 Å². The van der Waals surface area contributed by atoms with Crippen molar-refractivity contribution in [2.45, 2.75) is 58.3 Å². The topological polar surface area (TPSA) is 67.9 Å². The smallest absolute Gasteiger partial charge is 0.410 e. The van der Waals surface area contributed by atoms with Gasteiger partial charge in [-0.25, -0.2) is 9.59 Å². The molecule has 162 valence electrons. The molecule has 0 aromatic heterocycles. The van der Waals surface area contributed by atoms with Gasteiger partial charge in [0.25, 0.3) is 0 Å². The maximum Gasteiger partial charge on any atom is 0.410 e. The van der Waals surface area contributed by atoms with Crippen LogP contribution in [0.4, 0.5) is 9.59 Å². The summed E-state index contributed by atoms with van der Waals surface area (Å²) in [5, 5.41) is 5.40. The lowest BCUT2D eigenvalue weighted by molar-refractivity contribution is -0.0226. The monoisotopic (exact) mass is 432 g/mol. The number of hydrogen-bond donors (Lipinski definition) is 1. The minimum atomic E-state index is -0.830. The van der Waals surface area contributed by atoms with E-state index in [2.05, 4.69) is 5.32 Å². The summed E-state index contributed by atoms with van der Waals surface area (Å²) in [5.41, 5.74) is -1.23. The number of nitrogens with zero attached hydrogens (tertiary/aromatic N) is 1. The Balaban J connectivity index is 1.97. The van der Waals surface area contributed by atoms with E-state index in [-0.39, 0.29) is 13.1 Å². The van der Waals surface area contributed by atoms with E-state index in [0.717, 1.165) is 16.3 Å². The third-order valence-corrected chi connectivity index (χ3v) is 5.00. The second-order valence-corrected chi connectivity index (χ2v) is 10.1. The van der Waals surface area contributed by atoms with Crippen LogP contribution in [-0.4, -0.2) is 41.4 Å². The van der Waals surface area contributed by atoms with Crippen molar-refractivity contribution in [2.75, 3.05) is 13.1 Å². The van der Waals surface area contributed by atoms with Gasteiger partial charge in [-0.05, 0) is 58.6 Å². The van der Waals surface area contributed by atoms with Crippen molar-refractivity contribution >= 4 is 34.6 Å². The first-order valence-corrected chi connectivity index (χ1v) is 10.3. The summed E-state index contributed by atoms with van der Waals surface area (Å²) >= 11 is 6.53. The van der Waals surface area contributed by atoms with Gasteiger partial charge >= 0.3 is 12.2 Å². The molecule has 7 heteroatoms. The third kappa shape index (κ3) is 4.81. The van der Waals surface area contributed by atoms with Gasteiger partial charge in [0.15, 0.2) is 0 Å². The van der Waals surface area contributed by atoms with E-state index in [9.17, 15) is 9.59 Å². The SMILES string of the molecule is CC(C)(C)OC(=O)NC1(c2cccc3cccc(Cl)c23)CN(C(=O)OC(C)(C)C)C1.